The predicted octanol–water partition coefficient (Wildman–Crippen LogP) is 3.59. The molecule has 30 heavy (non-hydrogen) atoms. The van der Waals surface area contributed by atoms with Crippen molar-refractivity contribution in [1.29, 1.82) is 0 Å². The fourth-order valence-electron chi connectivity index (χ4n) is 3.33. The summed E-state index contributed by atoms with van der Waals surface area (Å²) in [6.07, 6.45) is 1.64. The number of allylic oxidation sites excluding steroid dienone is 1. The van der Waals surface area contributed by atoms with Gasteiger partial charge in [-0.1, -0.05) is 6.07 Å². The number of nitrogens with zero attached hydrogens (tertiary/aromatic N) is 1. The van der Waals surface area contributed by atoms with Crippen LogP contribution in [-0.2, 0) is 14.3 Å². The highest BCUT2D eigenvalue weighted by molar-refractivity contribution is 6.23. The van der Waals surface area contributed by atoms with Gasteiger partial charge in [-0.3, -0.25) is 9.69 Å². The van der Waals surface area contributed by atoms with Gasteiger partial charge in [-0.15, -0.1) is 0 Å². The zero-order valence-electron chi connectivity index (χ0n) is 17.5. The van der Waals surface area contributed by atoms with Crippen molar-refractivity contribution in [2.75, 3.05) is 33.3 Å². The van der Waals surface area contributed by atoms with E-state index >= 15 is 0 Å². The molecule has 0 atom stereocenters. The van der Waals surface area contributed by atoms with Gasteiger partial charge in [0.05, 0.1) is 39.6 Å². The Labute approximate surface area is 175 Å². The molecule has 0 N–H and O–H groups in total. The first kappa shape index (κ1) is 21.0. The van der Waals surface area contributed by atoms with Crippen LogP contribution < -0.4 is 19.1 Å². The number of carbonyl (C=O) groups is 2. The van der Waals surface area contributed by atoms with Crippen LogP contribution in [0.5, 0.6) is 17.2 Å². The van der Waals surface area contributed by atoms with Gasteiger partial charge in [0.25, 0.3) is 5.91 Å². The molecule has 7 nitrogen and oxygen atoms in total. The summed E-state index contributed by atoms with van der Waals surface area (Å²) in [5, 5.41) is 0. The summed E-state index contributed by atoms with van der Waals surface area (Å²) in [6.45, 7) is 1.71. The molecule has 0 unspecified atom stereocenters. The van der Waals surface area contributed by atoms with Crippen molar-refractivity contribution in [3.05, 3.63) is 64.9 Å². The average Bonchev–Trinajstić information content (AvgIpc) is 3.02. The van der Waals surface area contributed by atoms with Crippen molar-refractivity contribution in [2.45, 2.75) is 6.92 Å². The molecule has 1 aliphatic rings. The Morgan fingerprint density at radius 3 is 2.13 bits per heavy atom. The highest BCUT2D eigenvalue weighted by Gasteiger charge is 2.37. The van der Waals surface area contributed by atoms with Crippen molar-refractivity contribution in [1.82, 2.24) is 0 Å². The Kier molecular flexibility index (Phi) is 6.11. The summed E-state index contributed by atoms with van der Waals surface area (Å²) in [5.41, 5.74) is 2.25. The van der Waals surface area contributed by atoms with Crippen molar-refractivity contribution in [2.24, 2.45) is 0 Å². The highest BCUT2D eigenvalue weighted by atomic mass is 16.5. The third-order valence-corrected chi connectivity index (χ3v) is 4.84. The molecule has 0 bridgehead atoms. The molecule has 1 aliphatic heterocycles. The second kappa shape index (κ2) is 8.73. The maximum atomic E-state index is 13.3. The van der Waals surface area contributed by atoms with Gasteiger partial charge < -0.3 is 18.9 Å². The zero-order chi connectivity index (χ0) is 21.8. The Morgan fingerprint density at radius 2 is 1.57 bits per heavy atom. The summed E-state index contributed by atoms with van der Waals surface area (Å²) >= 11 is 0. The van der Waals surface area contributed by atoms with Crippen LogP contribution >= 0.6 is 0 Å². The summed E-state index contributed by atoms with van der Waals surface area (Å²) < 4.78 is 20.7. The number of benzene rings is 2. The lowest BCUT2D eigenvalue weighted by atomic mass is 10.0. The number of rotatable bonds is 6. The van der Waals surface area contributed by atoms with Crippen LogP contribution in [0.1, 0.15) is 12.5 Å². The van der Waals surface area contributed by atoms with Gasteiger partial charge in [-0.25, -0.2) is 4.79 Å². The van der Waals surface area contributed by atoms with Gasteiger partial charge in [0, 0.05) is 11.4 Å². The van der Waals surface area contributed by atoms with Gasteiger partial charge in [0.15, 0.2) is 11.5 Å². The second-order valence-corrected chi connectivity index (χ2v) is 6.46. The normalized spacial score (nSPS) is 14.9. The lowest BCUT2D eigenvalue weighted by molar-refractivity contribution is -0.136. The average molecular weight is 409 g/mol. The highest BCUT2D eigenvalue weighted by Crippen LogP contribution is 2.37. The smallest absolute Gasteiger partial charge is 0.340 e. The minimum Gasteiger partial charge on any atom is -0.497 e. The fourth-order valence-corrected chi connectivity index (χ4v) is 3.33. The quantitative estimate of drug-likeness (QED) is 0.536. The SMILES string of the molecule is COC(=O)C1=C(C)N(c2ccc(OC)cc2)C(=O)/C1=C\c1ccc(OC)c(OC)c1. The molecule has 0 radical (unpaired) electrons. The maximum Gasteiger partial charge on any atom is 0.340 e. The summed E-state index contributed by atoms with van der Waals surface area (Å²) in [4.78, 5) is 27.3. The fraction of sp³-hybridized carbons (Fsp3) is 0.217. The second-order valence-electron chi connectivity index (χ2n) is 6.46. The molecule has 0 fully saturated rings. The summed E-state index contributed by atoms with van der Waals surface area (Å²) in [5.74, 6) is 0.847. The molecule has 0 saturated carbocycles. The Morgan fingerprint density at radius 1 is 0.900 bits per heavy atom. The monoisotopic (exact) mass is 409 g/mol. The Bertz CT molecular complexity index is 1040. The number of ether oxygens (including phenoxy) is 4. The molecule has 1 amide bonds. The van der Waals surface area contributed by atoms with E-state index in [2.05, 4.69) is 0 Å². The lowest BCUT2D eigenvalue weighted by Crippen LogP contribution is -2.24. The molecule has 2 aromatic carbocycles. The molecule has 0 aliphatic carbocycles. The number of amides is 1. The molecule has 1 heterocycles. The maximum absolute atomic E-state index is 13.3. The third kappa shape index (κ3) is 3.74. The number of anilines is 1. The van der Waals surface area contributed by atoms with Crippen LogP contribution in [0.4, 0.5) is 5.69 Å². The summed E-state index contributed by atoms with van der Waals surface area (Å²) in [6, 6.07) is 12.3. The van der Waals surface area contributed by atoms with E-state index in [-0.39, 0.29) is 17.1 Å². The molecule has 2 aromatic rings. The van der Waals surface area contributed by atoms with Crippen molar-refractivity contribution >= 4 is 23.6 Å². The number of esters is 1. The van der Waals surface area contributed by atoms with Crippen LogP contribution in [0, 0.1) is 0 Å². The standard InChI is InChI=1S/C23H23NO6/c1-14-21(23(26)30-5)18(12-15-6-11-19(28-3)20(13-15)29-4)22(25)24(14)16-7-9-17(27-2)10-8-16/h6-13H,1-5H3/b18-12-. The van der Waals surface area contributed by atoms with Crippen LogP contribution in [0.15, 0.2) is 59.3 Å². The van der Waals surface area contributed by atoms with E-state index in [1.165, 1.54) is 19.1 Å². The first-order valence-corrected chi connectivity index (χ1v) is 9.17. The van der Waals surface area contributed by atoms with E-state index in [1.54, 1.807) is 69.7 Å². The van der Waals surface area contributed by atoms with E-state index in [0.717, 1.165) is 0 Å². The summed E-state index contributed by atoms with van der Waals surface area (Å²) in [7, 11) is 5.94. The lowest BCUT2D eigenvalue weighted by Gasteiger charge is -2.18. The number of carbonyl (C=O) groups excluding carboxylic acids is 2. The molecule has 156 valence electrons. The largest absolute Gasteiger partial charge is 0.497 e. The van der Waals surface area contributed by atoms with Crippen LogP contribution in [-0.4, -0.2) is 40.3 Å². The van der Waals surface area contributed by atoms with Gasteiger partial charge in [-0.2, -0.15) is 0 Å². The molecule has 0 aromatic heterocycles. The Hall–Kier alpha value is -3.74. The minimum absolute atomic E-state index is 0.216. The zero-order valence-corrected chi connectivity index (χ0v) is 17.5. The van der Waals surface area contributed by atoms with Crippen LogP contribution in [0.25, 0.3) is 6.08 Å². The molecule has 0 spiro atoms. The predicted molar refractivity (Wildman–Crippen MR) is 113 cm³/mol. The molecule has 7 heteroatoms. The molecule has 0 saturated heterocycles. The first-order chi connectivity index (χ1) is 14.4. The van der Waals surface area contributed by atoms with Gasteiger partial charge in [0.2, 0.25) is 0 Å². The van der Waals surface area contributed by atoms with Crippen molar-refractivity contribution in [3.8, 4) is 17.2 Å². The minimum atomic E-state index is -0.580. The topological polar surface area (TPSA) is 74.3 Å². The van der Waals surface area contributed by atoms with Crippen molar-refractivity contribution in [3.63, 3.8) is 0 Å². The van der Waals surface area contributed by atoms with Crippen LogP contribution in [0.3, 0.4) is 0 Å². The first-order valence-electron chi connectivity index (χ1n) is 9.17. The molecular weight excluding hydrogens is 386 g/mol. The molecule has 3 rings (SSSR count). The van der Waals surface area contributed by atoms with E-state index in [4.69, 9.17) is 18.9 Å². The van der Waals surface area contributed by atoms with E-state index in [1.807, 2.05) is 0 Å². The van der Waals surface area contributed by atoms with Crippen LogP contribution in [0.2, 0.25) is 0 Å². The van der Waals surface area contributed by atoms with Crippen molar-refractivity contribution < 1.29 is 28.5 Å². The van der Waals surface area contributed by atoms with Gasteiger partial charge >= 0.3 is 5.97 Å². The van der Waals surface area contributed by atoms with E-state index < -0.39 is 5.97 Å². The third-order valence-electron chi connectivity index (χ3n) is 4.84. The van der Waals surface area contributed by atoms with E-state index in [9.17, 15) is 9.59 Å². The number of hydrogen-bond donors (Lipinski definition) is 0. The number of methoxy groups -OCH3 is 4. The van der Waals surface area contributed by atoms with Gasteiger partial charge in [0.1, 0.15) is 5.75 Å². The number of hydrogen-bond acceptors (Lipinski definition) is 6. The molecular formula is C23H23NO6. The van der Waals surface area contributed by atoms with Gasteiger partial charge in [-0.05, 0) is 55.0 Å². The Balaban J connectivity index is 2.10. The van der Waals surface area contributed by atoms with E-state index in [0.29, 0.717) is 34.2 Å².